The molecule has 2 rings (SSSR count). The molecule has 0 saturated carbocycles. The summed E-state index contributed by atoms with van der Waals surface area (Å²) < 4.78 is 76.6. The Balaban J connectivity index is 2.45. The third-order valence-corrected chi connectivity index (χ3v) is 3.30. The molecule has 2 nitrogen and oxygen atoms in total. The summed E-state index contributed by atoms with van der Waals surface area (Å²) in [5.41, 5.74) is -3.85. The first-order valence-electron chi connectivity index (χ1n) is 6.34. The molecule has 0 atom stereocenters. The molecule has 1 amide bonds. The third-order valence-electron chi connectivity index (χ3n) is 2.97. The number of para-hydroxylation sites is 1. The van der Waals surface area contributed by atoms with E-state index in [4.69, 9.17) is 11.6 Å². The topological polar surface area (TPSA) is 29.1 Å². The summed E-state index contributed by atoms with van der Waals surface area (Å²) in [5, 5.41) is 2.27. The molecular formula is C15H8ClF6NO. The molecule has 0 aliphatic carbocycles. The second-order valence-electron chi connectivity index (χ2n) is 4.73. The van der Waals surface area contributed by atoms with Gasteiger partial charge in [0.1, 0.15) is 0 Å². The predicted octanol–water partition coefficient (Wildman–Crippen LogP) is 5.63. The maximum atomic E-state index is 12.8. The summed E-state index contributed by atoms with van der Waals surface area (Å²) >= 11 is 5.79. The molecule has 0 aliphatic heterocycles. The van der Waals surface area contributed by atoms with Crippen LogP contribution in [0.4, 0.5) is 32.0 Å². The molecule has 1 N–H and O–H groups in total. The fourth-order valence-corrected chi connectivity index (χ4v) is 2.03. The van der Waals surface area contributed by atoms with E-state index >= 15 is 0 Å². The van der Waals surface area contributed by atoms with Gasteiger partial charge in [-0.1, -0.05) is 23.7 Å². The van der Waals surface area contributed by atoms with Crippen LogP contribution in [0.5, 0.6) is 0 Å². The first-order valence-corrected chi connectivity index (χ1v) is 6.71. The molecule has 9 heteroatoms. The van der Waals surface area contributed by atoms with Crippen LogP contribution < -0.4 is 5.32 Å². The summed E-state index contributed by atoms with van der Waals surface area (Å²) in [6, 6.07) is 6.46. The van der Waals surface area contributed by atoms with Gasteiger partial charge in [0.2, 0.25) is 0 Å². The standard InChI is InChI=1S/C15H8ClF6NO/c16-11-3-1-2-4-12(11)23-13(24)8-5-9(14(17,18)19)7-10(6-8)15(20,21)22/h1-7H,(H,23,24). The highest BCUT2D eigenvalue weighted by Crippen LogP contribution is 2.36. The van der Waals surface area contributed by atoms with Gasteiger partial charge in [0.25, 0.3) is 5.91 Å². The van der Waals surface area contributed by atoms with Gasteiger partial charge in [-0.15, -0.1) is 0 Å². The van der Waals surface area contributed by atoms with Crippen molar-refractivity contribution in [1.29, 1.82) is 0 Å². The summed E-state index contributed by atoms with van der Waals surface area (Å²) in [7, 11) is 0. The van der Waals surface area contributed by atoms with Gasteiger partial charge < -0.3 is 5.32 Å². The van der Waals surface area contributed by atoms with E-state index < -0.39 is 35.0 Å². The number of hydrogen-bond donors (Lipinski definition) is 1. The van der Waals surface area contributed by atoms with Gasteiger partial charge in [0.15, 0.2) is 0 Å². The Bertz CT molecular complexity index is 737. The largest absolute Gasteiger partial charge is 0.416 e. The van der Waals surface area contributed by atoms with Crippen LogP contribution in [0, 0.1) is 0 Å². The quantitative estimate of drug-likeness (QED) is 0.685. The Morgan fingerprint density at radius 1 is 0.875 bits per heavy atom. The average Bonchev–Trinajstić information content (AvgIpc) is 2.47. The van der Waals surface area contributed by atoms with Crippen LogP contribution in [0.1, 0.15) is 21.5 Å². The van der Waals surface area contributed by atoms with Crippen LogP contribution >= 0.6 is 11.6 Å². The van der Waals surface area contributed by atoms with E-state index in [1.807, 2.05) is 0 Å². The van der Waals surface area contributed by atoms with Crippen molar-refractivity contribution in [1.82, 2.24) is 0 Å². The lowest BCUT2D eigenvalue weighted by Crippen LogP contribution is -2.17. The zero-order chi connectivity index (χ0) is 18.1. The minimum Gasteiger partial charge on any atom is -0.321 e. The molecule has 2 aromatic rings. The zero-order valence-electron chi connectivity index (χ0n) is 11.6. The SMILES string of the molecule is O=C(Nc1ccccc1Cl)c1cc(C(F)(F)F)cc(C(F)(F)F)c1. The Kier molecular flexibility index (Phi) is 4.80. The van der Waals surface area contributed by atoms with Crippen LogP contribution in [0.2, 0.25) is 5.02 Å². The molecule has 0 unspecified atom stereocenters. The normalized spacial score (nSPS) is 12.1. The molecule has 0 radical (unpaired) electrons. The van der Waals surface area contributed by atoms with Gasteiger partial charge in [-0.3, -0.25) is 4.79 Å². The summed E-state index contributed by atoms with van der Waals surface area (Å²) in [5.74, 6) is -1.14. The second-order valence-corrected chi connectivity index (χ2v) is 5.14. The minimum atomic E-state index is -5.03. The number of anilines is 1. The fourth-order valence-electron chi connectivity index (χ4n) is 1.84. The number of carbonyl (C=O) groups excluding carboxylic acids is 1. The first kappa shape index (κ1) is 18.1. The van der Waals surface area contributed by atoms with Gasteiger partial charge in [-0.25, -0.2) is 0 Å². The Morgan fingerprint density at radius 3 is 1.83 bits per heavy atom. The molecule has 0 bridgehead atoms. The van der Waals surface area contributed by atoms with E-state index in [1.165, 1.54) is 18.2 Å². The van der Waals surface area contributed by atoms with Crippen molar-refractivity contribution in [3.63, 3.8) is 0 Å². The summed E-state index contributed by atoms with van der Waals surface area (Å²) in [6.45, 7) is 0. The maximum absolute atomic E-state index is 12.8. The zero-order valence-corrected chi connectivity index (χ0v) is 12.4. The average molecular weight is 368 g/mol. The van der Waals surface area contributed by atoms with Crippen molar-refractivity contribution in [3.8, 4) is 0 Å². The van der Waals surface area contributed by atoms with Gasteiger partial charge in [-0.05, 0) is 30.3 Å². The summed E-state index contributed by atoms with van der Waals surface area (Å²) in [4.78, 5) is 12.0. The van der Waals surface area contributed by atoms with E-state index in [-0.39, 0.29) is 16.8 Å². The van der Waals surface area contributed by atoms with Crippen molar-refractivity contribution in [3.05, 3.63) is 64.2 Å². The molecule has 0 fully saturated rings. The number of halogens is 7. The molecular weight excluding hydrogens is 360 g/mol. The molecule has 0 saturated heterocycles. The first-order chi connectivity index (χ1) is 11.0. The van der Waals surface area contributed by atoms with Crippen molar-refractivity contribution < 1.29 is 31.1 Å². The number of nitrogens with one attached hydrogen (secondary N) is 1. The number of benzene rings is 2. The van der Waals surface area contributed by atoms with E-state index in [9.17, 15) is 31.1 Å². The smallest absolute Gasteiger partial charge is 0.321 e. The number of amides is 1. The lowest BCUT2D eigenvalue weighted by atomic mass is 10.0. The van der Waals surface area contributed by atoms with E-state index in [0.29, 0.717) is 12.1 Å². The minimum absolute atomic E-state index is 0.0493. The molecule has 128 valence electrons. The summed E-state index contributed by atoms with van der Waals surface area (Å²) in [6.07, 6.45) is -10.1. The van der Waals surface area contributed by atoms with Crippen molar-refractivity contribution in [2.45, 2.75) is 12.4 Å². The molecule has 0 heterocycles. The monoisotopic (exact) mass is 367 g/mol. The lowest BCUT2D eigenvalue weighted by Gasteiger charge is -2.14. The molecule has 0 aromatic heterocycles. The highest BCUT2D eigenvalue weighted by Gasteiger charge is 2.37. The maximum Gasteiger partial charge on any atom is 0.416 e. The van der Waals surface area contributed by atoms with E-state index in [1.54, 1.807) is 6.07 Å². The van der Waals surface area contributed by atoms with E-state index in [2.05, 4.69) is 5.32 Å². The lowest BCUT2D eigenvalue weighted by molar-refractivity contribution is -0.143. The molecule has 0 spiro atoms. The van der Waals surface area contributed by atoms with Gasteiger partial charge in [0.05, 0.1) is 21.8 Å². The number of alkyl halides is 6. The van der Waals surface area contributed by atoms with Crippen molar-refractivity contribution >= 4 is 23.2 Å². The van der Waals surface area contributed by atoms with Gasteiger partial charge in [-0.2, -0.15) is 26.3 Å². The molecule has 2 aromatic carbocycles. The number of rotatable bonds is 2. The van der Waals surface area contributed by atoms with Crippen LogP contribution in [0.25, 0.3) is 0 Å². The van der Waals surface area contributed by atoms with Crippen molar-refractivity contribution in [2.75, 3.05) is 5.32 Å². The Hall–Kier alpha value is -2.22. The van der Waals surface area contributed by atoms with E-state index in [0.717, 1.165) is 0 Å². The third kappa shape index (κ3) is 4.19. The Labute approximate surface area is 137 Å². The predicted molar refractivity (Wildman–Crippen MR) is 75.9 cm³/mol. The fraction of sp³-hybridized carbons (Fsp3) is 0.133. The van der Waals surface area contributed by atoms with Crippen LogP contribution in [0.3, 0.4) is 0 Å². The van der Waals surface area contributed by atoms with Gasteiger partial charge >= 0.3 is 12.4 Å². The van der Waals surface area contributed by atoms with Gasteiger partial charge in [0, 0.05) is 5.56 Å². The van der Waals surface area contributed by atoms with Crippen LogP contribution in [-0.4, -0.2) is 5.91 Å². The van der Waals surface area contributed by atoms with Crippen molar-refractivity contribution in [2.24, 2.45) is 0 Å². The second kappa shape index (κ2) is 6.35. The number of carbonyl (C=O) groups is 1. The highest BCUT2D eigenvalue weighted by molar-refractivity contribution is 6.33. The number of hydrogen-bond acceptors (Lipinski definition) is 1. The van der Waals surface area contributed by atoms with Crippen LogP contribution in [0.15, 0.2) is 42.5 Å². The molecule has 0 aliphatic rings. The Morgan fingerprint density at radius 2 is 1.38 bits per heavy atom. The molecule has 24 heavy (non-hydrogen) atoms. The van der Waals surface area contributed by atoms with Crippen LogP contribution in [-0.2, 0) is 12.4 Å². The highest BCUT2D eigenvalue weighted by atomic mass is 35.5.